The lowest BCUT2D eigenvalue weighted by Gasteiger charge is -2.25. The molecule has 0 fully saturated rings. The van der Waals surface area contributed by atoms with Crippen molar-refractivity contribution < 1.29 is 4.79 Å². The smallest absolute Gasteiger partial charge is 0.255 e. The van der Waals surface area contributed by atoms with E-state index < -0.39 is 0 Å². The number of aromatic nitrogens is 3. The molecule has 1 amide bonds. The van der Waals surface area contributed by atoms with E-state index in [1.807, 2.05) is 31.9 Å². The Hall–Kier alpha value is -1.91. The van der Waals surface area contributed by atoms with Crippen LogP contribution < -0.4 is 0 Å². The Kier molecular flexibility index (Phi) is 5.16. The maximum Gasteiger partial charge on any atom is 0.255 e. The first-order valence-corrected chi connectivity index (χ1v) is 8.10. The zero-order valence-corrected chi connectivity index (χ0v) is 14.3. The van der Waals surface area contributed by atoms with E-state index in [-0.39, 0.29) is 5.91 Å². The van der Waals surface area contributed by atoms with Crippen LogP contribution in [-0.4, -0.2) is 38.7 Å². The number of fused-ring (bicyclic) bond motifs is 1. The maximum atomic E-state index is 12.8. The highest BCUT2D eigenvalue weighted by Gasteiger charge is 2.19. The van der Waals surface area contributed by atoms with Crippen LogP contribution in [0.15, 0.2) is 12.3 Å². The quantitative estimate of drug-likeness (QED) is 0.823. The number of nitrogens with zero attached hydrogens (tertiary/aromatic N) is 4. The average molecular weight is 302 g/mol. The standard InChI is InChI=1S/C17H26N4O/c1-6-13(7-2)11-21(8-3)17(22)14-9-15-12(4)19-20(5)16(15)18-10-14/h9-10,13H,6-8,11H2,1-5H3. The van der Waals surface area contributed by atoms with E-state index in [2.05, 4.69) is 23.9 Å². The van der Waals surface area contributed by atoms with E-state index in [1.54, 1.807) is 10.9 Å². The van der Waals surface area contributed by atoms with Crippen molar-refractivity contribution in [2.75, 3.05) is 13.1 Å². The van der Waals surface area contributed by atoms with E-state index in [9.17, 15) is 4.79 Å². The van der Waals surface area contributed by atoms with Crippen molar-refractivity contribution in [3.05, 3.63) is 23.5 Å². The molecule has 0 saturated heterocycles. The number of carbonyl (C=O) groups excluding carboxylic acids is 1. The van der Waals surface area contributed by atoms with Crippen LogP contribution in [0.3, 0.4) is 0 Å². The van der Waals surface area contributed by atoms with Crippen LogP contribution in [0.2, 0.25) is 0 Å². The van der Waals surface area contributed by atoms with Gasteiger partial charge in [0.1, 0.15) is 0 Å². The van der Waals surface area contributed by atoms with Crippen LogP contribution in [0, 0.1) is 12.8 Å². The van der Waals surface area contributed by atoms with Crippen molar-refractivity contribution >= 4 is 16.9 Å². The summed E-state index contributed by atoms with van der Waals surface area (Å²) >= 11 is 0. The summed E-state index contributed by atoms with van der Waals surface area (Å²) in [6, 6.07) is 1.92. The number of rotatable bonds is 6. The average Bonchev–Trinajstić information content (AvgIpc) is 2.82. The van der Waals surface area contributed by atoms with Gasteiger partial charge in [0.05, 0.1) is 11.3 Å². The Labute approximate surface area is 132 Å². The molecule has 5 nitrogen and oxygen atoms in total. The van der Waals surface area contributed by atoms with Gasteiger partial charge in [-0.05, 0) is 25.8 Å². The maximum absolute atomic E-state index is 12.8. The molecule has 0 spiro atoms. The van der Waals surface area contributed by atoms with Gasteiger partial charge in [-0.2, -0.15) is 5.10 Å². The second kappa shape index (κ2) is 6.90. The number of pyridine rings is 1. The summed E-state index contributed by atoms with van der Waals surface area (Å²) in [5.74, 6) is 0.618. The van der Waals surface area contributed by atoms with Crippen LogP contribution in [0.4, 0.5) is 0 Å². The minimum absolute atomic E-state index is 0.0621. The number of carbonyl (C=O) groups is 1. The Bertz CT molecular complexity index is 658. The number of amides is 1. The van der Waals surface area contributed by atoms with Gasteiger partial charge in [0.25, 0.3) is 5.91 Å². The largest absolute Gasteiger partial charge is 0.339 e. The topological polar surface area (TPSA) is 51.0 Å². The van der Waals surface area contributed by atoms with Crippen molar-refractivity contribution in [2.45, 2.75) is 40.5 Å². The fourth-order valence-corrected chi connectivity index (χ4v) is 2.82. The Balaban J connectivity index is 2.29. The molecule has 2 aromatic heterocycles. The molecule has 22 heavy (non-hydrogen) atoms. The molecule has 0 aliphatic rings. The number of aryl methyl sites for hydroxylation is 2. The first-order chi connectivity index (χ1) is 10.5. The highest BCUT2D eigenvalue weighted by Crippen LogP contribution is 2.18. The van der Waals surface area contributed by atoms with Crippen molar-refractivity contribution in [1.29, 1.82) is 0 Å². The summed E-state index contributed by atoms with van der Waals surface area (Å²) in [6.07, 6.45) is 3.86. The molecule has 0 N–H and O–H groups in total. The summed E-state index contributed by atoms with van der Waals surface area (Å²) < 4.78 is 1.75. The molecule has 0 radical (unpaired) electrons. The van der Waals surface area contributed by atoms with E-state index in [4.69, 9.17) is 0 Å². The van der Waals surface area contributed by atoms with Crippen LogP contribution in [0.1, 0.15) is 49.7 Å². The first kappa shape index (κ1) is 16.5. The number of hydrogen-bond donors (Lipinski definition) is 0. The van der Waals surface area contributed by atoms with Gasteiger partial charge in [-0.3, -0.25) is 9.48 Å². The Morgan fingerprint density at radius 2 is 2.00 bits per heavy atom. The van der Waals surface area contributed by atoms with Crippen molar-refractivity contribution in [3.8, 4) is 0 Å². The lowest BCUT2D eigenvalue weighted by molar-refractivity contribution is 0.0734. The van der Waals surface area contributed by atoms with Crippen molar-refractivity contribution in [2.24, 2.45) is 13.0 Å². The lowest BCUT2D eigenvalue weighted by Crippen LogP contribution is -2.35. The summed E-state index contributed by atoms with van der Waals surface area (Å²) in [4.78, 5) is 19.1. The van der Waals surface area contributed by atoms with Gasteiger partial charge in [0.2, 0.25) is 0 Å². The van der Waals surface area contributed by atoms with Gasteiger partial charge >= 0.3 is 0 Å². The molecular formula is C17H26N4O. The lowest BCUT2D eigenvalue weighted by atomic mass is 10.0. The SMILES string of the molecule is CCC(CC)CN(CC)C(=O)c1cnc2c(c1)c(C)nn2C. The van der Waals surface area contributed by atoms with Gasteiger partial charge in [-0.1, -0.05) is 26.7 Å². The first-order valence-electron chi connectivity index (χ1n) is 8.10. The van der Waals surface area contributed by atoms with Gasteiger partial charge in [-0.15, -0.1) is 0 Å². The van der Waals surface area contributed by atoms with E-state index in [1.165, 1.54) is 0 Å². The summed E-state index contributed by atoms with van der Waals surface area (Å²) in [5, 5.41) is 5.31. The Morgan fingerprint density at radius 1 is 1.32 bits per heavy atom. The predicted molar refractivity (Wildman–Crippen MR) is 88.9 cm³/mol. The zero-order valence-electron chi connectivity index (χ0n) is 14.3. The van der Waals surface area contributed by atoms with E-state index in [0.717, 1.165) is 42.7 Å². The molecule has 2 heterocycles. The van der Waals surface area contributed by atoms with E-state index >= 15 is 0 Å². The molecule has 0 saturated carbocycles. The summed E-state index contributed by atoms with van der Waals surface area (Å²) in [5.41, 5.74) is 2.37. The molecule has 0 aromatic carbocycles. The molecule has 0 aliphatic heterocycles. The van der Waals surface area contributed by atoms with Gasteiger partial charge in [0, 0.05) is 31.7 Å². The molecule has 0 aliphatic carbocycles. The summed E-state index contributed by atoms with van der Waals surface area (Å²) in [7, 11) is 1.87. The normalized spacial score (nSPS) is 11.4. The molecule has 0 unspecified atom stereocenters. The van der Waals surface area contributed by atoms with Crippen molar-refractivity contribution in [3.63, 3.8) is 0 Å². The molecule has 0 bridgehead atoms. The minimum atomic E-state index is 0.0621. The molecule has 120 valence electrons. The van der Waals surface area contributed by atoms with Gasteiger partial charge in [0.15, 0.2) is 5.65 Å². The molecule has 2 aromatic rings. The van der Waals surface area contributed by atoms with Crippen LogP contribution >= 0.6 is 0 Å². The van der Waals surface area contributed by atoms with Gasteiger partial charge < -0.3 is 4.90 Å². The fourth-order valence-electron chi connectivity index (χ4n) is 2.82. The second-order valence-corrected chi connectivity index (χ2v) is 5.83. The van der Waals surface area contributed by atoms with Gasteiger partial charge in [-0.25, -0.2) is 4.98 Å². The highest BCUT2D eigenvalue weighted by molar-refractivity contribution is 5.97. The highest BCUT2D eigenvalue weighted by atomic mass is 16.2. The van der Waals surface area contributed by atoms with Crippen LogP contribution in [0.5, 0.6) is 0 Å². The third kappa shape index (κ3) is 3.13. The summed E-state index contributed by atoms with van der Waals surface area (Å²) in [6.45, 7) is 9.87. The second-order valence-electron chi connectivity index (χ2n) is 5.83. The molecular weight excluding hydrogens is 276 g/mol. The monoisotopic (exact) mass is 302 g/mol. The molecule has 5 heteroatoms. The molecule has 0 atom stereocenters. The number of hydrogen-bond acceptors (Lipinski definition) is 3. The molecule has 2 rings (SSSR count). The fraction of sp³-hybridized carbons (Fsp3) is 0.588. The predicted octanol–water partition coefficient (Wildman–Crippen LogP) is 3.18. The van der Waals surface area contributed by atoms with E-state index in [0.29, 0.717) is 11.5 Å². The Morgan fingerprint density at radius 3 is 2.59 bits per heavy atom. The van der Waals surface area contributed by atoms with Crippen molar-refractivity contribution in [1.82, 2.24) is 19.7 Å². The third-order valence-corrected chi connectivity index (χ3v) is 4.41. The van der Waals surface area contributed by atoms with Crippen LogP contribution in [0.25, 0.3) is 11.0 Å². The zero-order chi connectivity index (χ0) is 16.3. The van der Waals surface area contributed by atoms with Crippen LogP contribution in [-0.2, 0) is 7.05 Å². The minimum Gasteiger partial charge on any atom is -0.339 e. The third-order valence-electron chi connectivity index (χ3n) is 4.41.